The molecule has 13 heteroatoms. The number of hydroxylamine groups is 1. The third-order valence-corrected chi connectivity index (χ3v) is 4.96. The maximum atomic E-state index is 12.9. The number of halogens is 6. The Labute approximate surface area is 179 Å². The molecule has 0 amide bonds. The summed E-state index contributed by atoms with van der Waals surface area (Å²) in [5.74, 6) is 0.613. The minimum Gasteiger partial charge on any atom is -0.396 e. The first-order valence-corrected chi connectivity index (χ1v) is 9.78. The average molecular weight is 464 g/mol. The van der Waals surface area contributed by atoms with E-state index in [9.17, 15) is 26.3 Å². The summed E-state index contributed by atoms with van der Waals surface area (Å²) in [4.78, 5) is 12.0. The van der Waals surface area contributed by atoms with Gasteiger partial charge in [0.2, 0.25) is 0 Å². The molecule has 1 aliphatic rings. The van der Waals surface area contributed by atoms with E-state index in [1.165, 1.54) is 6.20 Å². The van der Waals surface area contributed by atoms with Crippen LogP contribution in [-0.4, -0.2) is 40.7 Å². The fraction of sp³-hybridized carbons (Fsp3) is 0.474. The molecule has 0 saturated heterocycles. The predicted octanol–water partition coefficient (Wildman–Crippen LogP) is 4.25. The first kappa shape index (κ1) is 23.7. The monoisotopic (exact) mass is 464 g/mol. The van der Waals surface area contributed by atoms with E-state index >= 15 is 0 Å². The first-order chi connectivity index (χ1) is 15.2. The van der Waals surface area contributed by atoms with E-state index in [0.29, 0.717) is 43.4 Å². The van der Waals surface area contributed by atoms with E-state index < -0.39 is 30.8 Å². The minimum atomic E-state index is -3.07. The highest BCUT2D eigenvalue weighted by atomic mass is 19.3. The van der Waals surface area contributed by atoms with Gasteiger partial charge < -0.3 is 11.1 Å². The van der Waals surface area contributed by atoms with Crippen LogP contribution in [0.3, 0.4) is 0 Å². The molecule has 176 valence electrons. The smallest absolute Gasteiger partial charge is 0.331 e. The molecule has 0 spiro atoms. The fourth-order valence-electron chi connectivity index (χ4n) is 3.34. The number of fused-ring (bicyclic) bond motifs is 1. The van der Waals surface area contributed by atoms with Crippen LogP contribution in [0.4, 0.5) is 32.2 Å². The molecule has 0 atom stereocenters. The van der Waals surface area contributed by atoms with Crippen molar-refractivity contribution in [2.45, 2.75) is 57.2 Å². The van der Waals surface area contributed by atoms with Gasteiger partial charge in [-0.05, 0) is 37.8 Å². The second-order valence-electron chi connectivity index (χ2n) is 7.17. The van der Waals surface area contributed by atoms with Crippen LogP contribution in [0.2, 0.25) is 0 Å². The van der Waals surface area contributed by atoms with Gasteiger partial charge in [0, 0.05) is 12.2 Å². The molecule has 4 N–H and O–H groups in total. The summed E-state index contributed by atoms with van der Waals surface area (Å²) in [5, 5.41) is 3.30. The molecular formula is C19H22F6N6O. The Morgan fingerprint density at radius 3 is 2.50 bits per heavy atom. The van der Waals surface area contributed by atoms with Crippen LogP contribution in [0, 0.1) is 0 Å². The largest absolute Gasteiger partial charge is 0.396 e. The number of aromatic nitrogens is 2. The van der Waals surface area contributed by atoms with Crippen LogP contribution in [0.15, 0.2) is 40.8 Å². The second-order valence-corrected chi connectivity index (χ2v) is 7.17. The van der Waals surface area contributed by atoms with Crippen molar-refractivity contribution >= 4 is 17.7 Å². The van der Waals surface area contributed by atoms with Crippen LogP contribution in [-0.2, 0) is 4.84 Å². The van der Waals surface area contributed by atoms with Gasteiger partial charge in [0.15, 0.2) is 0 Å². The van der Waals surface area contributed by atoms with Crippen LogP contribution in [0.5, 0.6) is 0 Å². The van der Waals surface area contributed by atoms with E-state index in [4.69, 9.17) is 10.6 Å². The summed E-state index contributed by atoms with van der Waals surface area (Å²) in [5.41, 5.74) is 6.04. The number of nitrogens with two attached hydrogens (primary N) is 1. The van der Waals surface area contributed by atoms with E-state index in [2.05, 4.69) is 20.8 Å². The summed E-state index contributed by atoms with van der Waals surface area (Å²) in [6.07, 6.45) is -2.00. The lowest BCUT2D eigenvalue weighted by Crippen LogP contribution is -2.34. The van der Waals surface area contributed by atoms with E-state index in [1.807, 2.05) is 0 Å². The molecule has 1 aliphatic carbocycles. The van der Waals surface area contributed by atoms with Crippen LogP contribution >= 0.6 is 0 Å². The summed E-state index contributed by atoms with van der Waals surface area (Å²) >= 11 is 0. The maximum absolute atomic E-state index is 12.9. The third-order valence-electron chi connectivity index (χ3n) is 4.96. The Balaban J connectivity index is 1.56. The van der Waals surface area contributed by atoms with Crippen molar-refractivity contribution in [1.82, 2.24) is 14.9 Å². The van der Waals surface area contributed by atoms with Gasteiger partial charge in [-0.3, -0.25) is 14.7 Å². The number of hydrogen-bond acceptors (Lipinski definition) is 6. The van der Waals surface area contributed by atoms with Crippen molar-refractivity contribution in [2.24, 2.45) is 10.7 Å². The molecule has 0 aliphatic heterocycles. The lowest BCUT2D eigenvalue weighted by molar-refractivity contribution is -0.0262. The van der Waals surface area contributed by atoms with Crippen LogP contribution in [0.25, 0.3) is 5.65 Å². The zero-order chi connectivity index (χ0) is 23.3. The molecule has 32 heavy (non-hydrogen) atoms. The van der Waals surface area contributed by atoms with Crippen molar-refractivity contribution in [3.8, 4) is 0 Å². The Hall–Kier alpha value is -2.96. The molecule has 0 bridgehead atoms. The topological polar surface area (TPSA) is 89.0 Å². The lowest BCUT2D eigenvalue weighted by Gasteiger charge is -2.30. The quantitative estimate of drug-likeness (QED) is 0.224. The number of alkyl halides is 6. The highest BCUT2D eigenvalue weighted by molar-refractivity contribution is 5.78. The molecule has 7 nitrogen and oxygen atoms in total. The normalized spacial score (nSPS) is 20.5. The van der Waals surface area contributed by atoms with Crippen molar-refractivity contribution in [2.75, 3.05) is 5.32 Å². The van der Waals surface area contributed by atoms with Crippen molar-refractivity contribution in [1.29, 1.82) is 0 Å². The number of nitrogens with one attached hydrogen (secondary N) is 2. The van der Waals surface area contributed by atoms with Crippen LogP contribution in [0.1, 0.15) is 37.8 Å². The number of rotatable bonds is 9. The van der Waals surface area contributed by atoms with Crippen LogP contribution < -0.4 is 16.5 Å². The molecule has 0 unspecified atom stereocenters. The minimum absolute atomic E-state index is 0.0133. The third kappa shape index (κ3) is 6.05. The summed E-state index contributed by atoms with van der Waals surface area (Å²) in [6, 6.07) is 5.10. The number of aliphatic imine (C=N–C) groups is 1. The van der Waals surface area contributed by atoms with Gasteiger partial charge in [0.05, 0.1) is 12.3 Å². The molecule has 2 aromatic heterocycles. The Morgan fingerprint density at radius 1 is 1.16 bits per heavy atom. The molecule has 2 heterocycles. The summed E-state index contributed by atoms with van der Waals surface area (Å²) < 4.78 is 77.5. The molecule has 1 fully saturated rings. The fourth-order valence-corrected chi connectivity index (χ4v) is 3.34. The molecule has 0 radical (unpaired) electrons. The summed E-state index contributed by atoms with van der Waals surface area (Å²) in [7, 11) is 0. The zero-order valence-corrected chi connectivity index (χ0v) is 16.7. The van der Waals surface area contributed by atoms with Gasteiger partial charge in [-0.15, -0.1) is 0 Å². The highest BCUT2D eigenvalue weighted by Crippen LogP contribution is 2.26. The number of anilines is 1. The first-order valence-electron chi connectivity index (χ1n) is 9.78. The Morgan fingerprint density at radius 2 is 1.88 bits per heavy atom. The SMILES string of the molecule is N/C(=C(/C=N/C(F)F)NOC1CCC(Nc2cccc3nc(C(F)F)cn23)CC1)C(F)F. The number of hydrogen-bond donors (Lipinski definition) is 3. The van der Waals surface area contributed by atoms with Gasteiger partial charge >= 0.3 is 6.55 Å². The van der Waals surface area contributed by atoms with Gasteiger partial charge in [-0.2, -0.15) is 8.78 Å². The number of allylic oxidation sites excluding steroid dienone is 2. The Bertz CT molecular complexity index is 955. The molecule has 1 saturated carbocycles. The van der Waals surface area contributed by atoms with Gasteiger partial charge in [-0.25, -0.2) is 27.5 Å². The van der Waals surface area contributed by atoms with Crippen molar-refractivity contribution in [3.05, 3.63) is 41.5 Å². The predicted molar refractivity (Wildman–Crippen MR) is 106 cm³/mol. The molecule has 3 rings (SSSR count). The molecular weight excluding hydrogens is 442 g/mol. The number of pyridine rings is 1. The Kier molecular flexibility index (Phi) is 7.83. The highest BCUT2D eigenvalue weighted by Gasteiger charge is 2.24. The van der Waals surface area contributed by atoms with Gasteiger partial charge in [-0.1, -0.05) is 6.07 Å². The standard InChI is InChI=1S/C19H22F6N6O/c20-17(21)13-9-31-14(2-1-3-15(31)29-13)28-10-4-6-11(7-5-10)32-30-12(8-27-19(24)25)16(26)18(22)23/h1-3,8-11,17-19,28,30H,4-7,26H2/b16-12-,27-8+. The average Bonchev–Trinajstić information content (AvgIpc) is 3.20. The molecule has 0 aromatic carbocycles. The summed E-state index contributed by atoms with van der Waals surface area (Å²) in [6.45, 7) is -3.07. The lowest BCUT2D eigenvalue weighted by atomic mass is 9.93. The number of imidazole rings is 1. The van der Waals surface area contributed by atoms with E-state index in [0.717, 1.165) is 0 Å². The van der Waals surface area contributed by atoms with E-state index in [-0.39, 0.29) is 17.8 Å². The van der Waals surface area contributed by atoms with E-state index in [1.54, 1.807) is 22.6 Å². The van der Waals surface area contributed by atoms with Gasteiger partial charge in [0.25, 0.3) is 12.9 Å². The molecule has 2 aromatic rings. The zero-order valence-electron chi connectivity index (χ0n) is 16.7. The second kappa shape index (κ2) is 10.6. The van der Waals surface area contributed by atoms with Crippen molar-refractivity contribution in [3.63, 3.8) is 0 Å². The number of nitrogens with zero attached hydrogens (tertiary/aromatic N) is 3. The maximum Gasteiger partial charge on any atom is 0.331 e. The van der Waals surface area contributed by atoms with Gasteiger partial charge in [0.1, 0.15) is 28.6 Å². The van der Waals surface area contributed by atoms with Crippen molar-refractivity contribution < 1.29 is 31.2 Å².